The second-order valence-electron chi connectivity index (χ2n) is 5.70. The van der Waals surface area contributed by atoms with Crippen molar-refractivity contribution < 1.29 is 4.79 Å². The summed E-state index contributed by atoms with van der Waals surface area (Å²) < 4.78 is 0. The lowest BCUT2D eigenvalue weighted by atomic mass is 9.73. The third kappa shape index (κ3) is 2.72. The standard InChI is InChI=1S/C17H22O/c1-12(2)15-10-9-13(3)16(17(15)18)11-14-7-5-4-6-8-14/h4-8,11-13,15H,9-10H2,1-3H3. The van der Waals surface area contributed by atoms with E-state index in [2.05, 4.69) is 39.0 Å². The summed E-state index contributed by atoms with van der Waals surface area (Å²) in [6.07, 6.45) is 4.26. The van der Waals surface area contributed by atoms with Gasteiger partial charge in [0, 0.05) is 5.92 Å². The number of Topliss-reactive ketones (excluding diaryl/α,β-unsaturated/α-hetero) is 1. The van der Waals surface area contributed by atoms with E-state index >= 15 is 0 Å². The first-order valence-electron chi connectivity index (χ1n) is 6.90. The van der Waals surface area contributed by atoms with Crippen molar-refractivity contribution in [1.82, 2.24) is 0 Å². The molecule has 1 aromatic rings. The van der Waals surface area contributed by atoms with Gasteiger partial charge in [-0.1, -0.05) is 51.1 Å². The minimum atomic E-state index is 0.219. The SMILES string of the molecule is CC1CCC(C(C)C)C(=O)C1=Cc1ccccc1. The maximum absolute atomic E-state index is 12.5. The van der Waals surface area contributed by atoms with E-state index in [1.54, 1.807) is 0 Å². The molecule has 0 aromatic heterocycles. The van der Waals surface area contributed by atoms with Crippen molar-refractivity contribution in [1.29, 1.82) is 0 Å². The van der Waals surface area contributed by atoms with E-state index in [1.807, 2.05) is 18.2 Å². The monoisotopic (exact) mass is 242 g/mol. The fraction of sp³-hybridized carbons (Fsp3) is 0.471. The minimum Gasteiger partial charge on any atom is -0.294 e. The van der Waals surface area contributed by atoms with Gasteiger partial charge in [0.2, 0.25) is 0 Å². The molecule has 0 amide bonds. The molecule has 1 saturated carbocycles. The Bertz CT molecular complexity index is 442. The fourth-order valence-corrected chi connectivity index (χ4v) is 2.75. The van der Waals surface area contributed by atoms with Gasteiger partial charge in [0.15, 0.2) is 5.78 Å². The highest BCUT2D eigenvalue weighted by Gasteiger charge is 2.32. The number of carbonyl (C=O) groups excluding carboxylic acids is 1. The molecule has 0 radical (unpaired) electrons. The van der Waals surface area contributed by atoms with Crippen molar-refractivity contribution in [3.63, 3.8) is 0 Å². The largest absolute Gasteiger partial charge is 0.294 e. The Morgan fingerprint density at radius 3 is 2.44 bits per heavy atom. The number of allylic oxidation sites excluding steroid dienone is 1. The molecule has 0 spiro atoms. The molecule has 0 saturated heterocycles. The minimum absolute atomic E-state index is 0.219. The number of hydrogen-bond acceptors (Lipinski definition) is 1. The zero-order valence-electron chi connectivity index (χ0n) is 11.5. The molecule has 1 nitrogen and oxygen atoms in total. The zero-order valence-corrected chi connectivity index (χ0v) is 11.5. The van der Waals surface area contributed by atoms with E-state index in [9.17, 15) is 4.79 Å². The highest BCUT2D eigenvalue weighted by Crippen LogP contribution is 2.35. The first-order valence-corrected chi connectivity index (χ1v) is 6.90. The van der Waals surface area contributed by atoms with Gasteiger partial charge in [0.05, 0.1) is 0 Å². The quantitative estimate of drug-likeness (QED) is 0.705. The average molecular weight is 242 g/mol. The van der Waals surface area contributed by atoms with Crippen molar-refractivity contribution in [2.24, 2.45) is 17.8 Å². The molecule has 0 N–H and O–H groups in total. The van der Waals surface area contributed by atoms with Gasteiger partial charge in [0.25, 0.3) is 0 Å². The Morgan fingerprint density at radius 1 is 1.17 bits per heavy atom. The topological polar surface area (TPSA) is 17.1 Å². The fourth-order valence-electron chi connectivity index (χ4n) is 2.75. The van der Waals surface area contributed by atoms with Gasteiger partial charge in [-0.25, -0.2) is 0 Å². The lowest BCUT2D eigenvalue weighted by Crippen LogP contribution is -2.30. The lowest BCUT2D eigenvalue weighted by molar-refractivity contribution is -0.122. The van der Waals surface area contributed by atoms with Crippen LogP contribution >= 0.6 is 0 Å². The van der Waals surface area contributed by atoms with E-state index in [0.29, 0.717) is 17.6 Å². The summed E-state index contributed by atoms with van der Waals surface area (Å²) >= 11 is 0. The summed E-state index contributed by atoms with van der Waals surface area (Å²) in [5.41, 5.74) is 2.16. The number of benzene rings is 1. The summed E-state index contributed by atoms with van der Waals surface area (Å²) in [6.45, 7) is 6.47. The van der Waals surface area contributed by atoms with Crippen LogP contribution < -0.4 is 0 Å². The normalized spacial score (nSPS) is 26.9. The molecule has 0 heterocycles. The zero-order chi connectivity index (χ0) is 13.1. The molecule has 96 valence electrons. The van der Waals surface area contributed by atoms with Crippen LogP contribution in [0.25, 0.3) is 6.08 Å². The molecule has 2 rings (SSSR count). The smallest absolute Gasteiger partial charge is 0.162 e. The Kier molecular flexibility index (Phi) is 4.00. The third-order valence-electron chi connectivity index (χ3n) is 3.99. The molecular weight excluding hydrogens is 220 g/mol. The third-order valence-corrected chi connectivity index (χ3v) is 3.99. The second-order valence-corrected chi connectivity index (χ2v) is 5.70. The Labute approximate surface area is 110 Å². The van der Waals surface area contributed by atoms with E-state index in [0.717, 1.165) is 24.0 Å². The summed E-state index contributed by atoms with van der Waals surface area (Å²) in [5, 5.41) is 0. The Morgan fingerprint density at radius 2 is 1.83 bits per heavy atom. The number of ketones is 1. The van der Waals surface area contributed by atoms with Crippen molar-refractivity contribution in [2.45, 2.75) is 33.6 Å². The maximum atomic E-state index is 12.5. The van der Waals surface area contributed by atoms with E-state index in [4.69, 9.17) is 0 Å². The highest BCUT2D eigenvalue weighted by molar-refractivity contribution is 6.02. The van der Waals surface area contributed by atoms with Gasteiger partial charge < -0.3 is 0 Å². The predicted molar refractivity (Wildman–Crippen MR) is 76.2 cm³/mol. The van der Waals surface area contributed by atoms with Crippen LogP contribution in [0, 0.1) is 17.8 Å². The van der Waals surface area contributed by atoms with E-state index in [1.165, 1.54) is 0 Å². The van der Waals surface area contributed by atoms with E-state index in [-0.39, 0.29) is 5.92 Å². The van der Waals surface area contributed by atoms with Gasteiger partial charge in [-0.05, 0) is 41.9 Å². The summed E-state index contributed by atoms with van der Waals surface area (Å²) in [7, 11) is 0. The molecular formula is C17H22O. The molecule has 1 aliphatic carbocycles. The lowest BCUT2D eigenvalue weighted by Gasteiger charge is -2.30. The maximum Gasteiger partial charge on any atom is 0.162 e. The van der Waals surface area contributed by atoms with Gasteiger partial charge in [0.1, 0.15) is 0 Å². The molecule has 1 aromatic carbocycles. The number of hydrogen-bond donors (Lipinski definition) is 0. The second kappa shape index (κ2) is 5.51. The van der Waals surface area contributed by atoms with Crippen LogP contribution in [-0.2, 0) is 4.79 Å². The number of rotatable bonds is 2. The van der Waals surface area contributed by atoms with Gasteiger partial charge in [-0.2, -0.15) is 0 Å². The first-order chi connectivity index (χ1) is 8.59. The predicted octanol–water partition coefficient (Wildman–Crippen LogP) is 4.34. The van der Waals surface area contributed by atoms with Crippen LogP contribution in [0.5, 0.6) is 0 Å². The summed E-state index contributed by atoms with van der Waals surface area (Å²) in [4.78, 5) is 12.5. The van der Waals surface area contributed by atoms with Crippen LogP contribution in [0.3, 0.4) is 0 Å². The van der Waals surface area contributed by atoms with Crippen molar-refractivity contribution in [3.05, 3.63) is 41.5 Å². The van der Waals surface area contributed by atoms with Gasteiger partial charge in [-0.15, -0.1) is 0 Å². The first kappa shape index (κ1) is 13.1. The number of carbonyl (C=O) groups is 1. The van der Waals surface area contributed by atoms with Gasteiger partial charge >= 0.3 is 0 Å². The van der Waals surface area contributed by atoms with Crippen molar-refractivity contribution in [3.8, 4) is 0 Å². The molecule has 1 aliphatic rings. The Balaban J connectivity index is 2.29. The van der Waals surface area contributed by atoms with Crippen LogP contribution in [0.4, 0.5) is 0 Å². The molecule has 1 fully saturated rings. The molecule has 18 heavy (non-hydrogen) atoms. The molecule has 0 bridgehead atoms. The van der Waals surface area contributed by atoms with Crippen molar-refractivity contribution in [2.75, 3.05) is 0 Å². The van der Waals surface area contributed by atoms with E-state index < -0.39 is 0 Å². The van der Waals surface area contributed by atoms with Crippen LogP contribution in [0.15, 0.2) is 35.9 Å². The Hall–Kier alpha value is -1.37. The van der Waals surface area contributed by atoms with Crippen LogP contribution in [0.2, 0.25) is 0 Å². The highest BCUT2D eigenvalue weighted by atomic mass is 16.1. The molecule has 2 atom stereocenters. The summed E-state index contributed by atoms with van der Waals surface area (Å²) in [6, 6.07) is 10.2. The summed E-state index contributed by atoms with van der Waals surface area (Å²) in [5.74, 6) is 1.43. The average Bonchev–Trinajstić information content (AvgIpc) is 2.35. The molecule has 0 aliphatic heterocycles. The molecule has 2 unspecified atom stereocenters. The van der Waals surface area contributed by atoms with Crippen molar-refractivity contribution >= 4 is 11.9 Å². The molecule has 1 heteroatoms. The van der Waals surface area contributed by atoms with Crippen LogP contribution in [0.1, 0.15) is 39.2 Å². The van der Waals surface area contributed by atoms with Crippen LogP contribution in [-0.4, -0.2) is 5.78 Å². The van der Waals surface area contributed by atoms with Gasteiger partial charge in [-0.3, -0.25) is 4.79 Å².